The average Bonchev–Trinajstić information content (AvgIpc) is 3.75. The lowest BCUT2D eigenvalue weighted by atomic mass is 9.93. The Morgan fingerprint density at radius 1 is 0.941 bits per heavy atom. The molecule has 1 unspecified atom stereocenters. The van der Waals surface area contributed by atoms with E-state index in [1.165, 1.54) is 16.6 Å². The topological polar surface area (TPSA) is 162 Å². The fourth-order valence-electron chi connectivity index (χ4n) is 5.46. The van der Waals surface area contributed by atoms with E-state index in [0.717, 1.165) is 21.8 Å². The lowest BCUT2D eigenvalue weighted by Gasteiger charge is -2.30. The van der Waals surface area contributed by atoms with Crippen LogP contribution in [0.4, 0.5) is 9.59 Å². The number of carbonyl (C=O) groups excluding carboxylic acids is 3. The van der Waals surface area contributed by atoms with Gasteiger partial charge < -0.3 is 30.7 Å². The van der Waals surface area contributed by atoms with E-state index in [1.54, 1.807) is 18.4 Å². The smallest absolute Gasteiger partial charge is 0.407 e. The molecule has 0 saturated heterocycles. The van der Waals surface area contributed by atoms with E-state index < -0.39 is 47.2 Å². The van der Waals surface area contributed by atoms with Gasteiger partial charge in [0, 0.05) is 30.6 Å². The molecule has 2 heterocycles. The molecule has 12 nitrogen and oxygen atoms in total. The molecule has 2 aromatic carbocycles. The third-order valence-corrected chi connectivity index (χ3v) is 10.5. The number of aliphatic imine (C=N–C) groups is 1. The second-order valence-electron chi connectivity index (χ2n) is 13.2. The van der Waals surface area contributed by atoms with Crippen LogP contribution in [0.15, 0.2) is 82.1 Å². The Morgan fingerprint density at radius 2 is 1.59 bits per heavy atom. The number of amides is 4. The van der Waals surface area contributed by atoms with Crippen molar-refractivity contribution in [1.29, 1.82) is 0 Å². The van der Waals surface area contributed by atoms with Gasteiger partial charge in [-0.05, 0) is 36.3 Å². The number of nitrogens with zero attached hydrogens (tertiary/aromatic N) is 3. The molecule has 0 saturated carbocycles. The zero-order valence-electron chi connectivity index (χ0n) is 29.7. The summed E-state index contributed by atoms with van der Waals surface area (Å²) in [5, 5.41) is 23.3. The van der Waals surface area contributed by atoms with Crippen LogP contribution >= 0.6 is 11.3 Å². The van der Waals surface area contributed by atoms with E-state index in [1.807, 2.05) is 79.9 Å². The molecule has 4 amide bonds. The fourth-order valence-corrected chi connectivity index (χ4v) is 6.93. The zero-order chi connectivity index (χ0) is 36.9. The first-order valence-electron chi connectivity index (χ1n) is 17.0. The minimum atomic E-state index is -1.44. The van der Waals surface area contributed by atoms with E-state index in [0.29, 0.717) is 23.8 Å². The first kappa shape index (κ1) is 39.4. The van der Waals surface area contributed by atoms with Crippen LogP contribution in [0.5, 0.6) is 0 Å². The van der Waals surface area contributed by atoms with Gasteiger partial charge in [-0.15, -0.1) is 11.3 Å². The number of nitrogens with one attached hydrogen (secondary N) is 3. The summed E-state index contributed by atoms with van der Waals surface area (Å²) in [5.74, 6) is -0.336. The molecule has 1 aliphatic heterocycles. The van der Waals surface area contributed by atoms with Crippen molar-refractivity contribution in [2.75, 3.05) is 13.7 Å². The number of rotatable bonds is 17. The predicted octanol–water partition coefficient (Wildman–Crippen LogP) is 4.88. The molecule has 1 aromatic heterocycles. The standard InChI is InChI=1S/C37H48N6O6S2/c1-24(2)33(42-36(46)43(5)20-29-22-50-35(40-29)25(3)4)34(45)39-28(16-26-12-8-6-9-13-26)18-32(44)31(17-27-14-10-7-11-15-27)41-37(47)49-21-30-19-38-23-51(30)48/h6-15,19,22-25,28,31-33,44H,16-18,20-21H2,1-5H3,(H,39,45)(H,41,47)(H,42,46)/t28-,31-,32-,33-,51?/m0/s1. The van der Waals surface area contributed by atoms with E-state index in [-0.39, 0.29) is 31.3 Å². The Bertz CT molecular complexity index is 1680. The summed E-state index contributed by atoms with van der Waals surface area (Å²) in [7, 11) is 0.219. The molecular weight excluding hydrogens is 689 g/mol. The molecule has 0 fully saturated rings. The van der Waals surface area contributed by atoms with Crippen LogP contribution in [-0.2, 0) is 39.7 Å². The van der Waals surface area contributed by atoms with E-state index >= 15 is 0 Å². The minimum Gasteiger partial charge on any atom is -0.444 e. The van der Waals surface area contributed by atoms with Crippen molar-refractivity contribution in [2.45, 2.75) is 83.6 Å². The molecule has 51 heavy (non-hydrogen) atoms. The number of aromatic nitrogens is 1. The van der Waals surface area contributed by atoms with Gasteiger partial charge in [-0.2, -0.15) is 0 Å². The largest absolute Gasteiger partial charge is 0.444 e. The molecule has 1 aliphatic rings. The quantitative estimate of drug-likeness (QED) is 0.154. The van der Waals surface area contributed by atoms with Crippen molar-refractivity contribution >= 4 is 45.7 Å². The Labute approximate surface area is 306 Å². The fraction of sp³-hybridized carbons (Fsp3) is 0.432. The maximum absolute atomic E-state index is 13.9. The third kappa shape index (κ3) is 12.4. The molecule has 4 N–H and O–H groups in total. The normalized spacial score (nSPS) is 16.2. The Morgan fingerprint density at radius 3 is 2.16 bits per heavy atom. The van der Waals surface area contributed by atoms with Crippen molar-refractivity contribution < 1.29 is 28.4 Å². The first-order chi connectivity index (χ1) is 24.4. The molecule has 0 radical (unpaired) electrons. The summed E-state index contributed by atoms with van der Waals surface area (Å²) < 4.78 is 17.3. The molecule has 14 heteroatoms. The van der Waals surface area contributed by atoms with E-state index in [9.17, 15) is 23.7 Å². The van der Waals surface area contributed by atoms with E-state index in [4.69, 9.17) is 4.74 Å². The summed E-state index contributed by atoms with van der Waals surface area (Å²) in [6.07, 6.45) is 0.268. The van der Waals surface area contributed by atoms with Crippen molar-refractivity contribution in [1.82, 2.24) is 25.8 Å². The highest BCUT2D eigenvalue weighted by Crippen LogP contribution is 2.20. The number of hydrogen-bond donors (Lipinski definition) is 4. The van der Waals surface area contributed by atoms with Gasteiger partial charge in [0.05, 0.1) is 50.6 Å². The van der Waals surface area contributed by atoms with Crippen LogP contribution in [-0.4, -0.2) is 80.7 Å². The van der Waals surface area contributed by atoms with Gasteiger partial charge in [0.2, 0.25) is 5.91 Å². The summed E-state index contributed by atoms with van der Waals surface area (Å²) in [4.78, 5) is 50.4. The van der Waals surface area contributed by atoms with Crippen LogP contribution in [0.1, 0.15) is 61.9 Å². The number of ether oxygens (including phenoxy) is 1. The molecule has 3 aromatic rings. The van der Waals surface area contributed by atoms with E-state index in [2.05, 4.69) is 39.8 Å². The molecule has 5 atom stereocenters. The number of benzene rings is 2. The van der Waals surface area contributed by atoms with Crippen LogP contribution < -0.4 is 16.0 Å². The molecule has 0 bridgehead atoms. The number of aliphatic hydroxyl groups excluding tert-OH is 1. The summed E-state index contributed by atoms with van der Waals surface area (Å²) in [6, 6.07) is 16.4. The van der Waals surface area contributed by atoms with Crippen LogP contribution in [0, 0.1) is 5.92 Å². The number of hydrogen-bond acceptors (Lipinski definition) is 9. The molecule has 274 valence electrons. The Hall–Kier alpha value is -4.40. The van der Waals surface area contributed by atoms with Gasteiger partial charge in [-0.1, -0.05) is 88.4 Å². The van der Waals surface area contributed by atoms with Gasteiger partial charge >= 0.3 is 12.1 Å². The highest BCUT2D eigenvalue weighted by molar-refractivity contribution is 8.02. The van der Waals surface area contributed by atoms with Crippen molar-refractivity contribution in [2.24, 2.45) is 10.9 Å². The third-order valence-electron chi connectivity index (χ3n) is 8.28. The number of carbonyl (C=O) groups is 3. The first-order valence-corrected chi connectivity index (χ1v) is 19.1. The van der Waals surface area contributed by atoms with Crippen molar-refractivity contribution in [3.05, 3.63) is 99.0 Å². The Kier molecular flexibility index (Phi) is 14.9. The van der Waals surface area contributed by atoms with Gasteiger partial charge in [-0.25, -0.2) is 18.8 Å². The predicted molar refractivity (Wildman–Crippen MR) is 201 cm³/mol. The van der Waals surface area contributed by atoms with Gasteiger partial charge in [0.15, 0.2) is 0 Å². The number of aliphatic hydroxyl groups is 1. The Balaban J connectivity index is 1.46. The highest BCUT2D eigenvalue weighted by Gasteiger charge is 2.31. The van der Waals surface area contributed by atoms with Crippen LogP contribution in [0.25, 0.3) is 0 Å². The lowest BCUT2D eigenvalue weighted by molar-refractivity contribution is -0.124. The SMILES string of the molecule is CC(C)c1nc(CN(C)C(=O)N[C@H](C(=O)N[C@@H](Cc2ccccc2)C[C@H](O)[C@H](Cc2ccccc2)NC(=O)OCC2=CN=CS2=O)C(C)C)cs1. The van der Waals surface area contributed by atoms with Gasteiger partial charge in [0.25, 0.3) is 0 Å². The van der Waals surface area contributed by atoms with Gasteiger partial charge in [-0.3, -0.25) is 9.79 Å². The number of alkyl carbamates (subject to hydrolysis) is 1. The number of thiazole rings is 1. The van der Waals surface area contributed by atoms with Crippen molar-refractivity contribution in [3.8, 4) is 0 Å². The second kappa shape index (κ2) is 19.3. The highest BCUT2D eigenvalue weighted by atomic mass is 32.2. The second-order valence-corrected chi connectivity index (χ2v) is 15.4. The lowest BCUT2D eigenvalue weighted by Crippen LogP contribution is -2.55. The summed E-state index contributed by atoms with van der Waals surface area (Å²) in [6.45, 7) is 7.94. The summed E-state index contributed by atoms with van der Waals surface area (Å²) >= 11 is 1.56. The molecule has 0 spiro atoms. The molecule has 4 rings (SSSR count). The maximum atomic E-state index is 13.9. The monoisotopic (exact) mass is 736 g/mol. The summed E-state index contributed by atoms with van der Waals surface area (Å²) in [5.41, 5.74) is 3.86. The minimum absolute atomic E-state index is 0.0854. The maximum Gasteiger partial charge on any atom is 0.407 e. The number of urea groups is 1. The molecule has 0 aliphatic carbocycles. The van der Waals surface area contributed by atoms with Crippen LogP contribution in [0.3, 0.4) is 0 Å². The van der Waals surface area contributed by atoms with Gasteiger partial charge in [0.1, 0.15) is 12.6 Å². The molecular formula is C37H48N6O6S2. The average molecular weight is 737 g/mol. The zero-order valence-corrected chi connectivity index (χ0v) is 31.3. The van der Waals surface area contributed by atoms with Crippen molar-refractivity contribution in [3.63, 3.8) is 0 Å². The van der Waals surface area contributed by atoms with Crippen LogP contribution in [0.2, 0.25) is 0 Å².